The molecule has 0 saturated heterocycles. The maximum atomic E-state index is 12.7. The molecule has 2 atom stereocenters. The normalized spacial score (nSPS) is 25.2. The molecule has 128 valence electrons. The van der Waals surface area contributed by atoms with Crippen LogP contribution in [0.1, 0.15) is 37.8 Å². The molecular weight excluding hydrogens is 340 g/mol. The Bertz CT molecular complexity index is 673. The van der Waals surface area contributed by atoms with E-state index in [2.05, 4.69) is 17.1 Å². The van der Waals surface area contributed by atoms with Crippen LogP contribution in [0.25, 0.3) is 0 Å². The Morgan fingerprint density at radius 3 is 2.92 bits per heavy atom. The second-order valence-corrected chi connectivity index (χ2v) is 7.82. The summed E-state index contributed by atoms with van der Waals surface area (Å²) in [7, 11) is 0. The first-order valence-electron chi connectivity index (χ1n) is 8.26. The fourth-order valence-corrected chi connectivity index (χ4v) is 4.55. The Morgan fingerprint density at radius 2 is 2.08 bits per heavy atom. The average Bonchev–Trinajstić information content (AvgIpc) is 2.59. The molecule has 0 aromatic heterocycles. The van der Waals surface area contributed by atoms with Crippen molar-refractivity contribution in [1.82, 2.24) is 0 Å². The molecular formula is C18H22N2O2S2. The molecule has 0 saturated carbocycles. The SMILES string of the molecule is CSC1=NC2c3ccccc3SCCCCCOC(=O)C2C(C)=N1. The van der Waals surface area contributed by atoms with Crippen LogP contribution in [0, 0.1) is 5.92 Å². The Morgan fingerprint density at radius 1 is 1.25 bits per heavy atom. The molecule has 1 aromatic carbocycles. The van der Waals surface area contributed by atoms with Gasteiger partial charge in [0, 0.05) is 10.6 Å². The van der Waals surface area contributed by atoms with Gasteiger partial charge in [-0.15, -0.1) is 11.8 Å². The number of benzene rings is 1. The first-order valence-corrected chi connectivity index (χ1v) is 10.5. The van der Waals surface area contributed by atoms with Gasteiger partial charge in [-0.25, -0.2) is 4.99 Å². The van der Waals surface area contributed by atoms with Gasteiger partial charge in [0.2, 0.25) is 0 Å². The monoisotopic (exact) mass is 362 g/mol. The summed E-state index contributed by atoms with van der Waals surface area (Å²) < 4.78 is 5.54. The smallest absolute Gasteiger partial charge is 0.317 e. The molecule has 2 unspecified atom stereocenters. The Hall–Kier alpha value is -1.27. The van der Waals surface area contributed by atoms with Crippen LogP contribution >= 0.6 is 23.5 Å². The van der Waals surface area contributed by atoms with Crippen molar-refractivity contribution in [2.45, 2.75) is 37.1 Å². The largest absolute Gasteiger partial charge is 0.465 e. The fourth-order valence-electron chi connectivity index (χ4n) is 3.00. The number of ether oxygens (including phenoxy) is 1. The van der Waals surface area contributed by atoms with E-state index in [9.17, 15) is 4.79 Å². The molecule has 0 aliphatic carbocycles. The average molecular weight is 363 g/mol. The topological polar surface area (TPSA) is 51.0 Å². The number of carbonyl (C=O) groups is 1. The first kappa shape index (κ1) is 17.5. The van der Waals surface area contributed by atoms with Crippen molar-refractivity contribution >= 4 is 40.4 Å². The lowest BCUT2D eigenvalue weighted by Gasteiger charge is -2.28. The van der Waals surface area contributed by atoms with Crippen LogP contribution in [0.3, 0.4) is 0 Å². The third kappa shape index (κ3) is 3.86. The number of cyclic esters (lactones) is 1. The van der Waals surface area contributed by atoms with Crippen LogP contribution in [0.4, 0.5) is 0 Å². The molecule has 2 aliphatic rings. The van der Waals surface area contributed by atoms with E-state index in [1.165, 1.54) is 16.7 Å². The zero-order valence-corrected chi connectivity index (χ0v) is 15.7. The molecule has 0 N–H and O–H groups in total. The number of hydrogen-bond acceptors (Lipinski definition) is 6. The number of amidine groups is 1. The molecule has 3 rings (SSSR count). The molecule has 2 aliphatic heterocycles. The highest BCUT2D eigenvalue weighted by molar-refractivity contribution is 8.13. The first-order chi connectivity index (χ1) is 11.7. The quantitative estimate of drug-likeness (QED) is 0.644. The molecule has 0 amide bonds. The van der Waals surface area contributed by atoms with E-state index in [1.807, 2.05) is 37.1 Å². The summed E-state index contributed by atoms with van der Waals surface area (Å²) >= 11 is 3.37. The van der Waals surface area contributed by atoms with Crippen molar-refractivity contribution in [1.29, 1.82) is 0 Å². The van der Waals surface area contributed by atoms with Gasteiger partial charge >= 0.3 is 5.97 Å². The number of hydrogen-bond donors (Lipinski definition) is 0. The third-order valence-corrected chi connectivity index (χ3v) is 5.99. The molecule has 1 aromatic rings. The summed E-state index contributed by atoms with van der Waals surface area (Å²) in [5, 5.41) is 0.730. The zero-order valence-electron chi connectivity index (χ0n) is 14.0. The summed E-state index contributed by atoms with van der Waals surface area (Å²) in [5.41, 5.74) is 1.90. The highest BCUT2D eigenvalue weighted by Crippen LogP contribution is 2.38. The van der Waals surface area contributed by atoms with Crippen molar-refractivity contribution in [3.8, 4) is 0 Å². The number of carbonyl (C=O) groups excluding carboxylic acids is 1. The maximum absolute atomic E-state index is 12.7. The minimum absolute atomic E-state index is 0.203. The number of fused-ring (bicyclic) bond motifs is 3. The van der Waals surface area contributed by atoms with E-state index >= 15 is 0 Å². The van der Waals surface area contributed by atoms with Gasteiger partial charge in [-0.1, -0.05) is 30.0 Å². The van der Waals surface area contributed by atoms with Crippen LogP contribution in [-0.2, 0) is 9.53 Å². The highest BCUT2D eigenvalue weighted by Gasteiger charge is 2.37. The molecule has 0 spiro atoms. The van der Waals surface area contributed by atoms with E-state index in [0.29, 0.717) is 6.61 Å². The van der Waals surface area contributed by atoms with Gasteiger partial charge in [0.05, 0.1) is 12.6 Å². The predicted molar refractivity (Wildman–Crippen MR) is 102 cm³/mol. The molecule has 24 heavy (non-hydrogen) atoms. The van der Waals surface area contributed by atoms with E-state index < -0.39 is 5.92 Å². The molecule has 0 fully saturated rings. The van der Waals surface area contributed by atoms with Gasteiger partial charge in [-0.3, -0.25) is 9.79 Å². The van der Waals surface area contributed by atoms with E-state index in [-0.39, 0.29) is 12.0 Å². The summed E-state index contributed by atoms with van der Waals surface area (Å²) in [5.74, 6) is 0.446. The van der Waals surface area contributed by atoms with Crippen molar-refractivity contribution in [2.24, 2.45) is 15.9 Å². The van der Waals surface area contributed by atoms with Crippen molar-refractivity contribution in [3.05, 3.63) is 29.8 Å². The number of rotatable bonds is 0. The molecule has 6 heteroatoms. The lowest BCUT2D eigenvalue weighted by Crippen LogP contribution is -2.33. The molecule has 0 bridgehead atoms. The number of esters is 1. The summed E-state index contributed by atoms with van der Waals surface area (Å²) in [6.45, 7) is 2.40. The van der Waals surface area contributed by atoms with Crippen molar-refractivity contribution < 1.29 is 9.53 Å². The minimum Gasteiger partial charge on any atom is -0.465 e. The van der Waals surface area contributed by atoms with Gasteiger partial charge in [0.15, 0.2) is 5.17 Å². The molecule has 2 heterocycles. The van der Waals surface area contributed by atoms with Gasteiger partial charge in [-0.2, -0.15) is 0 Å². The fraction of sp³-hybridized carbons (Fsp3) is 0.500. The van der Waals surface area contributed by atoms with Gasteiger partial charge in [0.25, 0.3) is 0 Å². The number of nitrogens with zero attached hydrogens (tertiary/aromatic N) is 2. The second-order valence-electron chi connectivity index (χ2n) is 5.91. The van der Waals surface area contributed by atoms with E-state index in [1.54, 1.807) is 0 Å². The summed E-state index contributed by atoms with van der Waals surface area (Å²) in [6.07, 6.45) is 5.09. The van der Waals surface area contributed by atoms with E-state index in [0.717, 1.165) is 41.5 Å². The third-order valence-electron chi connectivity index (χ3n) is 4.25. The molecule has 0 radical (unpaired) electrons. The van der Waals surface area contributed by atoms with Gasteiger partial charge < -0.3 is 4.74 Å². The van der Waals surface area contributed by atoms with Crippen LogP contribution in [0.15, 0.2) is 39.1 Å². The molecule has 4 nitrogen and oxygen atoms in total. The Balaban J connectivity index is 2.05. The summed E-state index contributed by atoms with van der Waals surface area (Å²) in [6, 6.07) is 8.03. The highest BCUT2D eigenvalue weighted by atomic mass is 32.2. The summed E-state index contributed by atoms with van der Waals surface area (Å²) in [4.78, 5) is 23.2. The number of thioether (sulfide) groups is 2. The predicted octanol–water partition coefficient (Wildman–Crippen LogP) is 4.36. The lowest BCUT2D eigenvalue weighted by molar-refractivity contribution is -0.146. The minimum atomic E-state index is -0.429. The van der Waals surface area contributed by atoms with Crippen LogP contribution in [-0.4, -0.2) is 35.5 Å². The standard InChI is InChI=1S/C18H22N2O2S2/c1-12-15-16(20-18(19-12)23-2)13-8-4-5-9-14(13)24-11-7-3-6-10-22-17(15)21/h4-5,8-9,15-16H,3,6-7,10-11H2,1-2H3. The van der Waals surface area contributed by atoms with Crippen LogP contribution in [0.5, 0.6) is 0 Å². The number of aliphatic imine (C=N–C) groups is 2. The van der Waals surface area contributed by atoms with Crippen LogP contribution in [0.2, 0.25) is 0 Å². The van der Waals surface area contributed by atoms with Crippen molar-refractivity contribution in [3.63, 3.8) is 0 Å². The zero-order chi connectivity index (χ0) is 16.9. The maximum Gasteiger partial charge on any atom is 0.317 e. The van der Waals surface area contributed by atoms with E-state index in [4.69, 9.17) is 9.73 Å². The van der Waals surface area contributed by atoms with Crippen molar-refractivity contribution in [2.75, 3.05) is 18.6 Å². The Labute approximate surface area is 151 Å². The van der Waals surface area contributed by atoms with Crippen LogP contribution < -0.4 is 0 Å². The second kappa shape index (κ2) is 8.21. The Kier molecular flexibility index (Phi) is 6.00. The lowest BCUT2D eigenvalue weighted by atomic mass is 9.89. The van der Waals surface area contributed by atoms with Gasteiger partial charge in [-0.05, 0) is 49.8 Å². The van der Waals surface area contributed by atoms with Gasteiger partial charge in [0.1, 0.15) is 5.92 Å².